The van der Waals surface area contributed by atoms with Crippen LogP contribution < -0.4 is 5.32 Å². The molecule has 0 aromatic rings. The third-order valence-corrected chi connectivity index (χ3v) is 19.3. The van der Waals surface area contributed by atoms with Crippen molar-refractivity contribution in [1.29, 1.82) is 0 Å². The number of hydrogen-bond donors (Lipinski definition) is 8. The molecule has 0 bridgehead atoms. The number of fused-ring (bicyclic) bond motifs is 7. The molecule has 7 fully saturated rings. The van der Waals surface area contributed by atoms with Crippen LogP contribution in [0, 0.1) is 67.5 Å². The van der Waals surface area contributed by atoms with Gasteiger partial charge in [-0.2, -0.15) is 0 Å². The monoisotopic (exact) mass is 787 g/mol. The Kier molecular flexibility index (Phi) is 10.1. The van der Waals surface area contributed by atoms with Crippen molar-refractivity contribution in [2.24, 2.45) is 67.5 Å². The number of aliphatic hydroxyl groups excluding tert-OH is 6. The number of aliphatic carboxylic acids is 1. The summed E-state index contributed by atoms with van der Waals surface area (Å²) in [5.74, 6) is -1.31. The Bertz CT molecular complexity index is 1600. The lowest BCUT2D eigenvalue weighted by atomic mass is 9.31. The summed E-state index contributed by atoms with van der Waals surface area (Å²) < 4.78 is 12.3. The fraction of sp³-hybridized carbons (Fsp3) is 0.909. The Morgan fingerprint density at radius 2 is 1.59 bits per heavy atom. The van der Waals surface area contributed by atoms with Gasteiger partial charge >= 0.3 is 5.97 Å². The number of carboxylic acids is 1. The largest absolute Gasteiger partial charge is 0.481 e. The van der Waals surface area contributed by atoms with Gasteiger partial charge in [-0.1, -0.05) is 59.1 Å². The molecule has 6 aliphatic carbocycles. The van der Waals surface area contributed by atoms with E-state index in [4.69, 9.17) is 9.47 Å². The number of amides is 1. The number of rotatable bonds is 7. The minimum Gasteiger partial charge on any atom is -0.481 e. The molecule has 56 heavy (non-hydrogen) atoms. The van der Waals surface area contributed by atoms with Gasteiger partial charge in [0.15, 0.2) is 6.29 Å². The molecule has 0 aromatic carbocycles. The smallest absolute Gasteiger partial charge is 0.310 e. The molecule has 2 heterocycles. The quantitative estimate of drug-likeness (QED) is 0.138. The molecule has 2 saturated heterocycles. The van der Waals surface area contributed by atoms with E-state index in [9.17, 15) is 45.3 Å². The Morgan fingerprint density at radius 3 is 2.25 bits per heavy atom. The first-order valence-corrected chi connectivity index (χ1v) is 21.8. The lowest BCUT2D eigenvalue weighted by Gasteiger charge is -2.73. The maximum atomic E-state index is 13.6. The van der Waals surface area contributed by atoms with E-state index in [0.717, 1.165) is 44.9 Å². The van der Waals surface area contributed by atoms with Crippen LogP contribution in [0.4, 0.5) is 0 Å². The van der Waals surface area contributed by atoms with Gasteiger partial charge < -0.3 is 50.5 Å². The molecule has 8 rings (SSSR count). The summed E-state index contributed by atoms with van der Waals surface area (Å²) >= 11 is 0. The molecule has 12 heteroatoms. The molecular formula is C44H69NO11. The molecule has 0 aromatic heterocycles. The fourth-order valence-electron chi connectivity index (χ4n) is 15.6. The van der Waals surface area contributed by atoms with Crippen molar-refractivity contribution in [1.82, 2.24) is 5.32 Å². The van der Waals surface area contributed by atoms with Gasteiger partial charge in [-0.25, -0.2) is 0 Å². The van der Waals surface area contributed by atoms with E-state index in [1.165, 1.54) is 5.57 Å². The minimum atomic E-state index is -1.56. The summed E-state index contributed by atoms with van der Waals surface area (Å²) in [5.41, 5.74) is -2.66. The molecule has 17 atom stereocenters. The summed E-state index contributed by atoms with van der Waals surface area (Å²) in [6.07, 6.45) is 4.13. The molecule has 1 amide bonds. The van der Waals surface area contributed by atoms with Gasteiger partial charge in [0, 0.05) is 18.6 Å². The Morgan fingerprint density at radius 1 is 0.893 bits per heavy atom. The van der Waals surface area contributed by atoms with Crippen LogP contribution in [0.1, 0.15) is 118 Å². The van der Waals surface area contributed by atoms with Crippen molar-refractivity contribution >= 4 is 11.9 Å². The van der Waals surface area contributed by atoms with E-state index >= 15 is 0 Å². The van der Waals surface area contributed by atoms with Crippen LogP contribution in [0.3, 0.4) is 0 Å². The standard InChI is InChI=1S/C44H69NO11/c1-38(22-46)14-16-44(37(53)54)17-15-40(3)25(27(44)19-38)8-9-30-41(40,4)13-10-29-39(2,23-47)34(56-35-33(51)32(50)28(48)21-55-35)31(49)26(42(29,30)5)18-24-20-45-36(52)43(24)11-6-7-12-43/h8,24,26-35,46-51H,6-7,9-23H2,1-5H3,(H,45,52)(H,53,54). The summed E-state index contributed by atoms with van der Waals surface area (Å²) in [5, 5.41) is 80.9. The SMILES string of the molecule is CC1(CO)CCC2(C(=O)O)CCC3(C)C(=CCC4C5(C)C(CC6CNC(=O)C67CCCC7)C(O)C(OC6OCC(O)C(O)C6O)C(C)(CO)C5CCC43C)C2C1. The topological polar surface area (TPSA) is 206 Å². The maximum Gasteiger partial charge on any atom is 0.310 e. The first-order valence-electron chi connectivity index (χ1n) is 21.8. The van der Waals surface area contributed by atoms with Crippen LogP contribution in [0.5, 0.6) is 0 Å². The second kappa shape index (κ2) is 13.7. The normalized spacial score (nSPS) is 53.7. The van der Waals surface area contributed by atoms with E-state index in [1.807, 2.05) is 6.92 Å². The van der Waals surface area contributed by atoms with Crippen molar-refractivity contribution in [3.8, 4) is 0 Å². The zero-order chi connectivity index (χ0) is 40.4. The van der Waals surface area contributed by atoms with E-state index in [1.54, 1.807) is 0 Å². The van der Waals surface area contributed by atoms with Crippen LogP contribution in [0.2, 0.25) is 0 Å². The second-order valence-corrected chi connectivity index (χ2v) is 21.4. The molecule has 2 aliphatic heterocycles. The van der Waals surface area contributed by atoms with Crippen molar-refractivity contribution in [3.05, 3.63) is 11.6 Å². The van der Waals surface area contributed by atoms with Crippen LogP contribution in [-0.4, -0.2) is 111 Å². The molecule has 5 saturated carbocycles. The molecule has 8 aliphatic rings. The van der Waals surface area contributed by atoms with Crippen molar-refractivity contribution < 1.29 is 54.8 Å². The summed E-state index contributed by atoms with van der Waals surface area (Å²) in [4.78, 5) is 26.9. The van der Waals surface area contributed by atoms with Gasteiger partial charge in [-0.15, -0.1) is 0 Å². The van der Waals surface area contributed by atoms with Crippen LogP contribution in [0.25, 0.3) is 0 Å². The first kappa shape index (κ1) is 41.1. The van der Waals surface area contributed by atoms with Crippen LogP contribution in [0.15, 0.2) is 11.6 Å². The molecule has 8 N–H and O–H groups in total. The predicted molar refractivity (Wildman–Crippen MR) is 204 cm³/mol. The van der Waals surface area contributed by atoms with Crippen molar-refractivity contribution in [2.45, 2.75) is 155 Å². The second-order valence-electron chi connectivity index (χ2n) is 21.4. The van der Waals surface area contributed by atoms with E-state index in [-0.39, 0.29) is 71.6 Å². The number of aliphatic hydroxyl groups is 6. The third kappa shape index (κ3) is 5.37. The lowest BCUT2D eigenvalue weighted by Crippen LogP contribution is -2.72. The highest BCUT2D eigenvalue weighted by atomic mass is 16.7. The lowest BCUT2D eigenvalue weighted by molar-refractivity contribution is -0.340. The summed E-state index contributed by atoms with van der Waals surface area (Å²) in [7, 11) is 0. The average molecular weight is 788 g/mol. The fourth-order valence-corrected chi connectivity index (χ4v) is 15.6. The van der Waals surface area contributed by atoms with Crippen LogP contribution in [-0.2, 0) is 19.1 Å². The highest BCUT2D eigenvalue weighted by Gasteiger charge is 2.74. The molecule has 316 valence electrons. The van der Waals surface area contributed by atoms with Crippen molar-refractivity contribution in [2.75, 3.05) is 26.4 Å². The number of allylic oxidation sites excluding steroid dienone is 2. The number of nitrogens with one attached hydrogen (secondary N) is 1. The molecular weight excluding hydrogens is 718 g/mol. The molecule has 0 radical (unpaired) electrons. The Hall–Kier alpha value is -1.64. The van der Waals surface area contributed by atoms with Gasteiger partial charge in [0.05, 0.1) is 36.3 Å². The summed E-state index contributed by atoms with van der Waals surface area (Å²) in [6, 6.07) is 0. The van der Waals surface area contributed by atoms with Gasteiger partial charge in [0.1, 0.15) is 18.3 Å². The minimum absolute atomic E-state index is 0.00929. The van der Waals surface area contributed by atoms with Gasteiger partial charge in [-0.05, 0) is 122 Å². The van der Waals surface area contributed by atoms with E-state index < -0.39 is 64.4 Å². The number of carbonyl (C=O) groups is 2. The van der Waals surface area contributed by atoms with Crippen molar-refractivity contribution in [3.63, 3.8) is 0 Å². The highest BCUT2D eigenvalue weighted by molar-refractivity contribution is 5.85. The number of carboxylic acid groups (broad SMARTS) is 1. The van der Waals surface area contributed by atoms with Gasteiger partial charge in [-0.3, -0.25) is 9.59 Å². The zero-order valence-corrected chi connectivity index (χ0v) is 34.2. The number of hydrogen-bond acceptors (Lipinski definition) is 10. The number of ether oxygens (including phenoxy) is 2. The van der Waals surface area contributed by atoms with Crippen LogP contribution >= 0.6 is 0 Å². The molecule has 17 unspecified atom stereocenters. The predicted octanol–water partition coefficient (Wildman–Crippen LogP) is 3.54. The molecule has 12 nitrogen and oxygen atoms in total. The van der Waals surface area contributed by atoms with Gasteiger partial charge in [0.25, 0.3) is 0 Å². The summed E-state index contributed by atoms with van der Waals surface area (Å²) in [6.45, 7) is 11.1. The number of carbonyl (C=O) groups excluding carboxylic acids is 1. The first-order chi connectivity index (χ1) is 26.3. The van der Waals surface area contributed by atoms with E-state index in [2.05, 4.69) is 39.1 Å². The zero-order valence-electron chi connectivity index (χ0n) is 34.2. The Balaban J connectivity index is 1.23. The maximum absolute atomic E-state index is 13.6. The highest BCUT2D eigenvalue weighted by Crippen LogP contribution is 2.77. The van der Waals surface area contributed by atoms with Gasteiger partial charge in [0.2, 0.25) is 5.91 Å². The van der Waals surface area contributed by atoms with E-state index in [0.29, 0.717) is 45.1 Å². The third-order valence-electron chi connectivity index (χ3n) is 19.3. The molecule has 1 spiro atoms. The average Bonchev–Trinajstić information content (AvgIpc) is 3.78. The Labute approximate surface area is 331 Å².